The largest absolute Gasteiger partial charge is 0.396 e. The topological polar surface area (TPSA) is 66.0 Å². The average Bonchev–Trinajstić information content (AvgIpc) is 2.42. The van der Waals surface area contributed by atoms with Crippen LogP contribution in [0.15, 0.2) is 34.0 Å². The number of hydrogen-bond acceptors (Lipinski definition) is 4. The summed E-state index contributed by atoms with van der Waals surface area (Å²) in [5.74, 6) is 1.15. The molecule has 2 rings (SSSR count). The number of aliphatic hydroxyl groups is 1. The van der Waals surface area contributed by atoms with Crippen molar-refractivity contribution in [1.82, 2.24) is 9.97 Å². The number of halogens is 1. The van der Waals surface area contributed by atoms with Crippen molar-refractivity contribution in [2.24, 2.45) is 0 Å². The van der Waals surface area contributed by atoms with Crippen molar-refractivity contribution in [3.63, 3.8) is 0 Å². The van der Waals surface area contributed by atoms with E-state index in [2.05, 4.69) is 9.97 Å². The molecule has 0 saturated heterocycles. The molecule has 1 heterocycles. The van der Waals surface area contributed by atoms with Crippen LogP contribution in [0.4, 0.5) is 0 Å². The summed E-state index contributed by atoms with van der Waals surface area (Å²) in [4.78, 5) is 20.0. The highest BCUT2D eigenvalue weighted by atomic mass is 35.5. The molecule has 0 aliphatic carbocycles. The summed E-state index contributed by atoms with van der Waals surface area (Å²) in [5.41, 5.74) is 1.03. The molecule has 0 amide bonds. The van der Waals surface area contributed by atoms with Crippen molar-refractivity contribution < 1.29 is 5.11 Å². The zero-order valence-corrected chi connectivity index (χ0v) is 12.6. The molecule has 0 aliphatic heterocycles. The van der Waals surface area contributed by atoms with Crippen LogP contribution in [0.5, 0.6) is 0 Å². The van der Waals surface area contributed by atoms with Crippen molar-refractivity contribution in [3.8, 4) is 0 Å². The minimum Gasteiger partial charge on any atom is -0.396 e. The van der Waals surface area contributed by atoms with E-state index < -0.39 is 0 Å². The molecule has 4 nitrogen and oxygen atoms in total. The highest BCUT2D eigenvalue weighted by Crippen LogP contribution is 2.28. The summed E-state index contributed by atoms with van der Waals surface area (Å²) >= 11 is 7.60. The third kappa shape index (κ3) is 3.62. The Bertz CT molecular complexity index is 658. The van der Waals surface area contributed by atoms with Gasteiger partial charge in [0.05, 0.1) is 10.8 Å². The summed E-state index contributed by atoms with van der Waals surface area (Å²) in [6, 6.07) is 7.55. The van der Waals surface area contributed by atoms with E-state index in [9.17, 15) is 4.79 Å². The highest BCUT2D eigenvalue weighted by molar-refractivity contribution is 7.98. The van der Waals surface area contributed by atoms with Gasteiger partial charge >= 0.3 is 0 Å². The minimum absolute atomic E-state index is 0.0562. The molecule has 0 atom stereocenters. The molecule has 1 aromatic carbocycles. The Morgan fingerprint density at radius 3 is 2.80 bits per heavy atom. The van der Waals surface area contributed by atoms with Gasteiger partial charge in [-0.25, -0.2) is 4.98 Å². The molecule has 6 heteroatoms. The van der Waals surface area contributed by atoms with Crippen molar-refractivity contribution in [3.05, 3.63) is 56.7 Å². The predicted molar refractivity (Wildman–Crippen MR) is 81.4 cm³/mol. The van der Waals surface area contributed by atoms with Crippen molar-refractivity contribution in [2.75, 3.05) is 6.61 Å². The number of aliphatic hydroxyl groups excluding tert-OH is 1. The van der Waals surface area contributed by atoms with E-state index in [1.165, 1.54) is 11.8 Å². The molecule has 0 radical (unpaired) electrons. The molecule has 0 unspecified atom stereocenters. The van der Waals surface area contributed by atoms with Gasteiger partial charge in [0.15, 0.2) is 0 Å². The van der Waals surface area contributed by atoms with E-state index >= 15 is 0 Å². The third-order valence-electron chi connectivity index (χ3n) is 2.83. The molecule has 0 aliphatic rings. The first-order valence-corrected chi connectivity index (χ1v) is 7.55. The van der Waals surface area contributed by atoms with Gasteiger partial charge in [0.25, 0.3) is 5.56 Å². The monoisotopic (exact) mass is 310 g/mol. The maximum Gasteiger partial charge on any atom is 0.254 e. The van der Waals surface area contributed by atoms with E-state index in [0.717, 1.165) is 4.90 Å². The number of aromatic amines is 1. The molecule has 106 valence electrons. The Kier molecular flexibility index (Phi) is 5.23. The maximum absolute atomic E-state index is 11.9. The van der Waals surface area contributed by atoms with Gasteiger partial charge in [-0.1, -0.05) is 23.7 Å². The van der Waals surface area contributed by atoms with Crippen LogP contribution in [0.25, 0.3) is 0 Å². The molecule has 0 spiro atoms. The van der Waals surface area contributed by atoms with Crippen molar-refractivity contribution in [1.29, 1.82) is 0 Å². The van der Waals surface area contributed by atoms with Gasteiger partial charge in [0.2, 0.25) is 0 Å². The molecule has 0 saturated carbocycles. The lowest BCUT2D eigenvalue weighted by Crippen LogP contribution is -2.19. The molecular formula is C14H15ClN2O2S. The molecule has 20 heavy (non-hydrogen) atoms. The summed E-state index contributed by atoms with van der Waals surface area (Å²) in [6.07, 6.45) is 0.325. The van der Waals surface area contributed by atoms with Gasteiger partial charge in [0, 0.05) is 29.2 Å². The molecule has 2 N–H and O–H groups in total. The summed E-state index contributed by atoms with van der Waals surface area (Å²) in [5, 5.41) is 9.61. The Morgan fingerprint density at radius 1 is 1.40 bits per heavy atom. The van der Waals surface area contributed by atoms with Gasteiger partial charge in [-0.3, -0.25) is 4.79 Å². The summed E-state index contributed by atoms with van der Waals surface area (Å²) in [7, 11) is 0. The fraction of sp³-hybridized carbons (Fsp3) is 0.286. The Labute approximate surface area is 126 Å². The number of aromatic nitrogens is 2. The van der Waals surface area contributed by atoms with E-state index in [1.54, 1.807) is 6.92 Å². The summed E-state index contributed by atoms with van der Waals surface area (Å²) < 4.78 is 0. The smallest absolute Gasteiger partial charge is 0.254 e. The number of benzene rings is 1. The number of hydrogen-bond donors (Lipinski definition) is 2. The second-order valence-electron chi connectivity index (χ2n) is 4.27. The van der Waals surface area contributed by atoms with E-state index in [-0.39, 0.29) is 12.2 Å². The lowest BCUT2D eigenvalue weighted by molar-refractivity contribution is 0.298. The van der Waals surface area contributed by atoms with Crippen LogP contribution in [0, 0.1) is 6.92 Å². The average molecular weight is 311 g/mol. The Morgan fingerprint density at radius 2 is 2.15 bits per heavy atom. The number of thioether (sulfide) groups is 1. The number of nitrogens with one attached hydrogen (secondary N) is 1. The van der Waals surface area contributed by atoms with Gasteiger partial charge in [0.1, 0.15) is 5.82 Å². The first-order valence-electron chi connectivity index (χ1n) is 6.18. The first kappa shape index (κ1) is 15.1. The zero-order chi connectivity index (χ0) is 14.5. The SMILES string of the molecule is Cc1nc(CSc2ccccc2Cl)[nH]c(=O)c1CCO. The number of nitrogens with zero attached hydrogens (tertiary/aromatic N) is 1. The molecule has 2 aromatic rings. The number of rotatable bonds is 5. The molecular weight excluding hydrogens is 296 g/mol. The molecule has 0 bridgehead atoms. The molecule has 1 aromatic heterocycles. The van der Waals surface area contributed by atoms with Crippen LogP contribution in [0.3, 0.4) is 0 Å². The fourth-order valence-electron chi connectivity index (χ4n) is 1.85. The standard InChI is InChI=1S/C14H15ClN2O2S/c1-9-10(6-7-18)14(19)17-13(16-9)8-20-12-5-3-2-4-11(12)15/h2-5,18H,6-8H2,1H3,(H,16,17,19). The van der Waals surface area contributed by atoms with Crippen LogP contribution in [-0.4, -0.2) is 21.7 Å². The van der Waals surface area contributed by atoms with Crippen LogP contribution < -0.4 is 5.56 Å². The normalized spacial score (nSPS) is 10.8. The zero-order valence-electron chi connectivity index (χ0n) is 11.0. The van der Waals surface area contributed by atoms with Gasteiger partial charge < -0.3 is 10.1 Å². The van der Waals surface area contributed by atoms with E-state index in [0.29, 0.717) is 34.3 Å². The Balaban J connectivity index is 2.15. The number of aryl methyl sites for hydroxylation is 1. The van der Waals surface area contributed by atoms with Gasteiger partial charge in [-0.2, -0.15) is 0 Å². The summed E-state index contributed by atoms with van der Waals surface area (Å²) in [6.45, 7) is 1.73. The van der Waals surface area contributed by atoms with Crippen molar-refractivity contribution >= 4 is 23.4 Å². The lowest BCUT2D eigenvalue weighted by atomic mass is 10.2. The minimum atomic E-state index is -0.179. The quantitative estimate of drug-likeness (QED) is 0.833. The molecule has 0 fully saturated rings. The highest BCUT2D eigenvalue weighted by Gasteiger charge is 2.08. The van der Waals surface area contributed by atoms with Crippen molar-refractivity contribution in [2.45, 2.75) is 24.0 Å². The van der Waals surface area contributed by atoms with Crippen LogP contribution >= 0.6 is 23.4 Å². The maximum atomic E-state index is 11.9. The van der Waals surface area contributed by atoms with Crippen LogP contribution in [0.1, 0.15) is 17.1 Å². The fourth-order valence-corrected chi connectivity index (χ4v) is 2.96. The second kappa shape index (κ2) is 6.92. The van der Waals surface area contributed by atoms with Crippen LogP contribution in [-0.2, 0) is 12.2 Å². The van der Waals surface area contributed by atoms with Gasteiger partial charge in [-0.05, 0) is 19.1 Å². The number of H-pyrrole nitrogens is 1. The first-order chi connectivity index (χ1) is 9.61. The third-order valence-corrected chi connectivity index (χ3v) is 4.36. The van der Waals surface area contributed by atoms with E-state index in [4.69, 9.17) is 16.7 Å². The Hall–Kier alpha value is -1.30. The van der Waals surface area contributed by atoms with Gasteiger partial charge in [-0.15, -0.1) is 11.8 Å². The van der Waals surface area contributed by atoms with Crippen LogP contribution in [0.2, 0.25) is 5.02 Å². The predicted octanol–water partition coefficient (Wildman–Crippen LogP) is 2.56. The van der Waals surface area contributed by atoms with E-state index in [1.807, 2.05) is 24.3 Å². The second-order valence-corrected chi connectivity index (χ2v) is 5.69. The lowest BCUT2D eigenvalue weighted by Gasteiger charge is -2.07.